The first-order chi connectivity index (χ1) is 17.5. The Hall–Kier alpha value is -4.12. The molecule has 0 unspecified atom stereocenters. The van der Waals surface area contributed by atoms with Crippen LogP contribution in [0.15, 0.2) is 66.2 Å². The van der Waals surface area contributed by atoms with Crippen molar-refractivity contribution in [1.29, 1.82) is 5.26 Å². The minimum absolute atomic E-state index is 0.0440. The largest absolute Gasteiger partial charge is 0.493 e. The number of non-ortho nitro benzene ring substituents is 1. The lowest BCUT2D eigenvalue weighted by atomic mass is 10.1. The van der Waals surface area contributed by atoms with Crippen LogP contribution in [0.1, 0.15) is 16.7 Å². The molecule has 0 aromatic heterocycles. The van der Waals surface area contributed by atoms with Gasteiger partial charge in [0.15, 0.2) is 11.5 Å². The van der Waals surface area contributed by atoms with E-state index in [1.54, 1.807) is 24.3 Å². The van der Waals surface area contributed by atoms with E-state index in [0.29, 0.717) is 26.2 Å². The van der Waals surface area contributed by atoms with Gasteiger partial charge in [-0.2, -0.15) is 18.4 Å². The highest BCUT2D eigenvalue weighted by atomic mass is 127. The first-order valence-corrected chi connectivity index (χ1v) is 11.4. The van der Waals surface area contributed by atoms with Crippen molar-refractivity contribution in [3.05, 3.63) is 96.6 Å². The molecule has 0 fully saturated rings. The molecule has 0 atom stereocenters. The van der Waals surface area contributed by atoms with Gasteiger partial charge in [-0.3, -0.25) is 14.9 Å². The fraction of sp³-hybridized carbons (Fsp3) is 0.120. The van der Waals surface area contributed by atoms with E-state index >= 15 is 0 Å². The Morgan fingerprint density at radius 3 is 2.49 bits per heavy atom. The summed E-state index contributed by atoms with van der Waals surface area (Å²) in [4.78, 5) is 22.9. The van der Waals surface area contributed by atoms with Gasteiger partial charge in [-0.15, -0.1) is 0 Å². The molecule has 0 bridgehead atoms. The number of benzene rings is 3. The van der Waals surface area contributed by atoms with E-state index in [9.17, 15) is 33.3 Å². The molecular formula is C25H17F3IN3O5. The second-order valence-electron chi connectivity index (χ2n) is 7.45. The summed E-state index contributed by atoms with van der Waals surface area (Å²) < 4.78 is 50.6. The summed E-state index contributed by atoms with van der Waals surface area (Å²) in [5, 5.41) is 22.6. The molecule has 3 aromatic carbocycles. The number of nitro groups is 1. The molecule has 190 valence electrons. The number of anilines is 1. The van der Waals surface area contributed by atoms with Crippen molar-refractivity contribution in [2.75, 3.05) is 12.4 Å². The SMILES string of the molecule is COc1cc(/C=C(\C#N)C(=O)Nc2cccc(C(F)(F)F)c2)cc(I)c1OCc1ccc([N+](=O)[O-])cc1. The van der Waals surface area contributed by atoms with Gasteiger partial charge in [0, 0.05) is 17.8 Å². The van der Waals surface area contributed by atoms with Crippen molar-refractivity contribution in [3.63, 3.8) is 0 Å². The first-order valence-electron chi connectivity index (χ1n) is 10.4. The molecular weight excluding hydrogens is 606 g/mol. The fourth-order valence-corrected chi connectivity index (χ4v) is 3.90. The summed E-state index contributed by atoms with van der Waals surface area (Å²) in [7, 11) is 1.41. The molecule has 3 aromatic rings. The number of nitriles is 1. The van der Waals surface area contributed by atoms with Gasteiger partial charge in [0.25, 0.3) is 11.6 Å². The molecule has 1 amide bonds. The van der Waals surface area contributed by atoms with Crippen LogP contribution in [0.5, 0.6) is 11.5 Å². The van der Waals surface area contributed by atoms with Gasteiger partial charge in [-0.25, -0.2) is 0 Å². The summed E-state index contributed by atoms with van der Waals surface area (Å²) in [6.07, 6.45) is -3.31. The average Bonchev–Trinajstić information content (AvgIpc) is 2.86. The standard InChI is InChI=1S/C25H17F3IN3O5/c1-36-22-11-16(10-21(29)23(22)37-14-15-5-7-20(8-6-15)32(34)35)9-17(13-30)24(33)31-19-4-2-3-18(12-19)25(26,27)28/h2-12H,14H2,1H3,(H,31,33)/b17-9+. The lowest BCUT2D eigenvalue weighted by molar-refractivity contribution is -0.384. The van der Waals surface area contributed by atoms with Crippen LogP contribution in [-0.4, -0.2) is 17.9 Å². The lowest BCUT2D eigenvalue weighted by Crippen LogP contribution is -2.14. The third-order valence-electron chi connectivity index (χ3n) is 4.91. The molecule has 0 saturated heterocycles. The van der Waals surface area contributed by atoms with Crippen molar-refractivity contribution < 1.29 is 32.4 Å². The number of ether oxygens (including phenoxy) is 2. The highest BCUT2D eigenvalue weighted by molar-refractivity contribution is 14.1. The molecule has 0 spiro atoms. The zero-order valence-corrected chi connectivity index (χ0v) is 21.2. The van der Waals surface area contributed by atoms with Gasteiger partial charge in [-0.05, 0) is 82.3 Å². The number of alkyl halides is 3. The Labute approximate surface area is 222 Å². The third kappa shape index (κ3) is 7.20. The molecule has 1 N–H and O–H groups in total. The highest BCUT2D eigenvalue weighted by Crippen LogP contribution is 2.35. The molecule has 0 aliphatic carbocycles. The monoisotopic (exact) mass is 623 g/mol. The van der Waals surface area contributed by atoms with Crippen LogP contribution in [0.4, 0.5) is 24.5 Å². The van der Waals surface area contributed by atoms with Gasteiger partial charge in [0.1, 0.15) is 18.2 Å². The molecule has 3 rings (SSSR count). The van der Waals surface area contributed by atoms with Crippen molar-refractivity contribution in [2.24, 2.45) is 0 Å². The number of rotatable bonds is 8. The maximum atomic E-state index is 12.9. The first kappa shape index (κ1) is 27.5. The summed E-state index contributed by atoms with van der Waals surface area (Å²) in [6, 6.07) is 14.8. The maximum absolute atomic E-state index is 12.9. The van der Waals surface area contributed by atoms with Crippen molar-refractivity contribution in [2.45, 2.75) is 12.8 Å². The predicted octanol–water partition coefficient (Wildman–Crippen LogP) is 6.35. The molecule has 0 saturated carbocycles. The van der Waals surface area contributed by atoms with Crippen molar-refractivity contribution >= 4 is 45.9 Å². The van der Waals surface area contributed by atoms with Gasteiger partial charge in [-0.1, -0.05) is 6.07 Å². The molecule has 37 heavy (non-hydrogen) atoms. The zero-order chi connectivity index (χ0) is 27.2. The summed E-state index contributed by atoms with van der Waals surface area (Å²) in [5.74, 6) is -0.199. The van der Waals surface area contributed by atoms with E-state index in [-0.39, 0.29) is 23.6 Å². The smallest absolute Gasteiger partial charge is 0.416 e. The number of methoxy groups -OCH3 is 1. The molecule has 0 radical (unpaired) electrons. The van der Waals surface area contributed by atoms with E-state index in [0.717, 1.165) is 18.2 Å². The minimum Gasteiger partial charge on any atom is -0.493 e. The number of carbonyl (C=O) groups excluding carboxylic acids is 1. The Morgan fingerprint density at radius 2 is 1.89 bits per heavy atom. The van der Waals surface area contributed by atoms with Crippen molar-refractivity contribution in [1.82, 2.24) is 0 Å². The average molecular weight is 623 g/mol. The molecule has 0 aliphatic heterocycles. The van der Waals surface area contributed by atoms with Crippen LogP contribution in [-0.2, 0) is 17.6 Å². The number of carbonyl (C=O) groups is 1. The third-order valence-corrected chi connectivity index (χ3v) is 5.71. The van der Waals surface area contributed by atoms with E-state index in [2.05, 4.69) is 5.32 Å². The minimum atomic E-state index is -4.58. The number of nitrogens with zero attached hydrogens (tertiary/aromatic N) is 2. The van der Waals surface area contributed by atoms with Crippen molar-refractivity contribution in [3.8, 4) is 17.6 Å². The van der Waals surface area contributed by atoms with Gasteiger partial charge >= 0.3 is 6.18 Å². The number of hydrogen-bond acceptors (Lipinski definition) is 6. The molecule has 0 heterocycles. The van der Waals surface area contributed by atoms with Gasteiger partial charge < -0.3 is 14.8 Å². The van der Waals surface area contributed by atoms with Crippen LogP contribution >= 0.6 is 22.6 Å². The summed E-state index contributed by atoms with van der Waals surface area (Å²) in [5.41, 5.74) is -0.322. The second kappa shape index (κ2) is 11.7. The topological polar surface area (TPSA) is 114 Å². The molecule has 0 aliphatic rings. The predicted molar refractivity (Wildman–Crippen MR) is 137 cm³/mol. The van der Waals surface area contributed by atoms with E-state index in [1.807, 2.05) is 22.6 Å². The van der Waals surface area contributed by atoms with E-state index in [1.165, 1.54) is 37.5 Å². The van der Waals surface area contributed by atoms with Gasteiger partial charge in [0.05, 0.1) is 21.2 Å². The summed E-state index contributed by atoms with van der Waals surface area (Å²) in [6.45, 7) is 0.0996. The maximum Gasteiger partial charge on any atom is 0.416 e. The lowest BCUT2D eigenvalue weighted by Gasteiger charge is -2.14. The van der Waals surface area contributed by atoms with Crippen LogP contribution < -0.4 is 14.8 Å². The van der Waals surface area contributed by atoms with Crippen LogP contribution in [0.3, 0.4) is 0 Å². The number of nitro benzene ring substituents is 1. The molecule has 12 heteroatoms. The fourth-order valence-electron chi connectivity index (χ4n) is 3.12. The highest BCUT2D eigenvalue weighted by Gasteiger charge is 2.30. The van der Waals surface area contributed by atoms with Crippen LogP contribution in [0.2, 0.25) is 0 Å². The van der Waals surface area contributed by atoms with E-state index in [4.69, 9.17) is 9.47 Å². The number of halogens is 4. The molecule has 8 nitrogen and oxygen atoms in total. The summed E-state index contributed by atoms with van der Waals surface area (Å²) >= 11 is 1.98. The van der Waals surface area contributed by atoms with Crippen LogP contribution in [0.25, 0.3) is 6.08 Å². The number of nitrogens with one attached hydrogen (secondary N) is 1. The normalized spacial score (nSPS) is 11.4. The Morgan fingerprint density at radius 1 is 1.19 bits per heavy atom. The van der Waals surface area contributed by atoms with Crippen LogP contribution in [0, 0.1) is 25.0 Å². The number of amides is 1. The van der Waals surface area contributed by atoms with E-state index < -0.39 is 22.6 Å². The second-order valence-corrected chi connectivity index (χ2v) is 8.61. The Balaban J connectivity index is 1.79. The quantitative estimate of drug-likeness (QED) is 0.103. The Kier molecular flexibility index (Phi) is 8.72. The number of hydrogen-bond donors (Lipinski definition) is 1. The zero-order valence-electron chi connectivity index (χ0n) is 19.0. The van der Waals surface area contributed by atoms with Gasteiger partial charge in [0.2, 0.25) is 0 Å². The Bertz CT molecular complexity index is 1400.